The highest BCUT2D eigenvalue weighted by Crippen LogP contribution is 2.07. The van der Waals surface area contributed by atoms with Crippen molar-refractivity contribution in [3.05, 3.63) is 35.4 Å². The molecule has 1 aromatic carbocycles. The molecule has 0 bridgehead atoms. The number of hydrogen-bond donors (Lipinski definition) is 2. The van der Waals surface area contributed by atoms with Gasteiger partial charge in [0.2, 0.25) is 0 Å². The van der Waals surface area contributed by atoms with Gasteiger partial charge in [-0.25, -0.2) is 4.79 Å². The van der Waals surface area contributed by atoms with Gasteiger partial charge in [-0.15, -0.1) is 0 Å². The highest BCUT2D eigenvalue weighted by atomic mass is 32.2. The summed E-state index contributed by atoms with van der Waals surface area (Å²) in [5, 5.41) is 5.35. The fourth-order valence-electron chi connectivity index (χ4n) is 2.11. The molecule has 0 saturated carbocycles. The van der Waals surface area contributed by atoms with Crippen LogP contribution in [0.25, 0.3) is 0 Å². The second-order valence-corrected chi connectivity index (χ2v) is 6.99. The highest BCUT2D eigenvalue weighted by molar-refractivity contribution is 7.98. The Kier molecular flexibility index (Phi) is 9.05. The van der Waals surface area contributed by atoms with E-state index in [4.69, 9.17) is 4.74 Å². The molecule has 7 heteroatoms. The lowest BCUT2D eigenvalue weighted by Gasteiger charge is -2.18. The van der Waals surface area contributed by atoms with Crippen LogP contribution in [-0.4, -0.2) is 48.5 Å². The van der Waals surface area contributed by atoms with Crippen LogP contribution in [-0.2, 0) is 14.3 Å². The van der Waals surface area contributed by atoms with Crippen molar-refractivity contribution in [1.29, 1.82) is 0 Å². The standard InChI is InChI=1S/C18H26N2O4S/c1-12(2)19-16(21)11-24-18(23)15(8-9-25-4)20-17(22)14-7-5-6-13(3)10-14/h5-7,10,12,15H,8-9,11H2,1-4H3,(H,19,21)(H,20,22)/t15-/m1/s1. The first-order valence-electron chi connectivity index (χ1n) is 8.16. The first kappa shape index (κ1) is 21.0. The van der Waals surface area contributed by atoms with E-state index in [1.807, 2.05) is 33.1 Å². The number of carbonyl (C=O) groups excluding carboxylic acids is 3. The van der Waals surface area contributed by atoms with Crippen LogP contribution in [0.4, 0.5) is 0 Å². The van der Waals surface area contributed by atoms with Gasteiger partial charge in [0, 0.05) is 11.6 Å². The predicted octanol–water partition coefficient (Wildman–Crippen LogP) is 1.91. The maximum atomic E-state index is 12.4. The molecule has 0 spiro atoms. The van der Waals surface area contributed by atoms with Gasteiger partial charge in [-0.3, -0.25) is 9.59 Å². The van der Waals surface area contributed by atoms with Crippen molar-refractivity contribution in [3.63, 3.8) is 0 Å². The number of amides is 2. The van der Waals surface area contributed by atoms with Gasteiger partial charge in [-0.1, -0.05) is 17.7 Å². The van der Waals surface area contributed by atoms with E-state index in [0.717, 1.165) is 5.56 Å². The smallest absolute Gasteiger partial charge is 0.329 e. The van der Waals surface area contributed by atoms with Gasteiger partial charge in [-0.2, -0.15) is 11.8 Å². The number of hydrogen-bond acceptors (Lipinski definition) is 5. The molecule has 1 rings (SSSR count). The SMILES string of the molecule is CSCC[C@@H](NC(=O)c1cccc(C)c1)C(=O)OCC(=O)NC(C)C. The minimum atomic E-state index is -0.785. The van der Waals surface area contributed by atoms with Crippen molar-refractivity contribution >= 4 is 29.5 Å². The third-order valence-corrected chi connectivity index (χ3v) is 3.92. The second kappa shape index (κ2) is 10.8. The number of carbonyl (C=O) groups is 3. The van der Waals surface area contributed by atoms with E-state index in [2.05, 4.69) is 10.6 Å². The Morgan fingerprint density at radius 2 is 1.92 bits per heavy atom. The molecular weight excluding hydrogens is 340 g/mol. The van der Waals surface area contributed by atoms with Crippen LogP contribution < -0.4 is 10.6 Å². The van der Waals surface area contributed by atoms with Crippen LogP contribution in [0.2, 0.25) is 0 Å². The molecule has 0 aliphatic rings. The summed E-state index contributed by atoms with van der Waals surface area (Å²) in [6.45, 7) is 5.18. The van der Waals surface area contributed by atoms with E-state index < -0.39 is 12.0 Å². The molecule has 2 amide bonds. The Labute approximate surface area is 153 Å². The van der Waals surface area contributed by atoms with Crippen LogP contribution in [0.1, 0.15) is 36.2 Å². The summed E-state index contributed by atoms with van der Waals surface area (Å²) in [4.78, 5) is 36.2. The Morgan fingerprint density at radius 1 is 1.20 bits per heavy atom. The van der Waals surface area contributed by atoms with Crippen molar-refractivity contribution < 1.29 is 19.1 Å². The maximum absolute atomic E-state index is 12.4. The number of rotatable bonds is 9. The lowest BCUT2D eigenvalue weighted by atomic mass is 10.1. The average Bonchev–Trinajstić information content (AvgIpc) is 2.55. The zero-order chi connectivity index (χ0) is 18.8. The van der Waals surface area contributed by atoms with Crippen LogP contribution in [0, 0.1) is 6.92 Å². The molecule has 0 heterocycles. The van der Waals surface area contributed by atoms with Gasteiger partial charge in [0.05, 0.1) is 0 Å². The van der Waals surface area contributed by atoms with Gasteiger partial charge < -0.3 is 15.4 Å². The zero-order valence-corrected chi connectivity index (χ0v) is 15.9. The molecule has 0 saturated heterocycles. The molecule has 0 fully saturated rings. The third-order valence-electron chi connectivity index (χ3n) is 3.28. The van der Waals surface area contributed by atoms with Crippen molar-refractivity contribution in [3.8, 4) is 0 Å². The monoisotopic (exact) mass is 366 g/mol. The summed E-state index contributed by atoms with van der Waals surface area (Å²) in [6, 6.07) is 6.31. The highest BCUT2D eigenvalue weighted by Gasteiger charge is 2.23. The van der Waals surface area contributed by atoms with E-state index in [9.17, 15) is 14.4 Å². The normalized spacial score (nSPS) is 11.7. The summed E-state index contributed by atoms with van der Waals surface area (Å²) in [5.74, 6) is -0.615. The number of benzene rings is 1. The van der Waals surface area contributed by atoms with Crippen LogP contribution >= 0.6 is 11.8 Å². The first-order valence-corrected chi connectivity index (χ1v) is 9.55. The summed E-state index contributed by atoms with van der Waals surface area (Å²) in [7, 11) is 0. The lowest BCUT2D eigenvalue weighted by Crippen LogP contribution is -2.43. The van der Waals surface area contributed by atoms with Gasteiger partial charge in [0.15, 0.2) is 6.61 Å². The van der Waals surface area contributed by atoms with Crippen LogP contribution in [0.5, 0.6) is 0 Å². The summed E-state index contributed by atoms with van der Waals surface area (Å²) < 4.78 is 5.05. The summed E-state index contributed by atoms with van der Waals surface area (Å²) >= 11 is 1.57. The minimum Gasteiger partial charge on any atom is -0.454 e. The maximum Gasteiger partial charge on any atom is 0.329 e. The van der Waals surface area contributed by atoms with Crippen molar-refractivity contribution in [2.75, 3.05) is 18.6 Å². The zero-order valence-electron chi connectivity index (χ0n) is 15.1. The molecule has 25 heavy (non-hydrogen) atoms. The Bertz CT molecular complexity index is 604. The van der Waals surface area contributed by atoms with E-state index in [-0.39, 0.29) is 24.5 Å². The molecule has 138 valence electrons. The van der Waals surface area contributed by atoms with Crippen LogP contribution in [0.15, 0.2) is 24.3 Å². The number of nitrogens with one attached hydrogen (secondary N) is 2. The summed E-state index contributed by atoms with van der Waals surface area (Å²) in [6.07, 6.45) is 2.35. The molecule has 0 aliphatic heterocycles. The van der Waals surface area contributed by atoms with Crippen LogP contribution in [0.3, 0.4) is 0 Å². The number of aryl methyl sites for hydroxylation is 1. The molecule has 0 aromatic heterocycles. The van der Waals surface area contributed by atoms with Gasteiger partial charge >= 0.3 is 5.97 Å². The molecule has 6 nitrogen and oxygen atoms in total. The van der Waals surface area contributed by atoms with Crippen molar-refractivity contribution in [1.82, 2.24) is 10.6 Å². The van der Waals surface area contributed by atoms with Gasteiger partial charge in [0.25, 0.3) is 11.8 Å². The number of ether oxygens (including phenoxy) is 1. The van der Waals surface area contributed by atoms with Crippen molar-refractivity contribution in [2.45, 2.75) is 39.3 Å². The van der Waals surface area contributed by atoms with Gasteiger partial charge in [0.1, 0.15) is 6.04 Å². The largest absolute Gasteiger partial charge is 0.454 e. The fraction of sp³-hybridized carbons (Fsp3) is 0.500. The third kappa shape index (κ3) is 8.07. The minimum absolute atomic E-state index is 0.0282. The molecule has 2 N–H and O–H groups in total. The summed E-state index contributed by atoms with van der Waals surface area (Å²) in [5.41, 5.74) is 1.45. The molecule has 1 aromatic rings. The number of thioether (sulfide) groups is 1. The lowest BCUT2D eigenvalue weighted by molar-refractivity contribution is -0.150. The van der Waals surface area contributed by atoms with E-state index >= 15 is 0 Å². The van der Waals surface area contributed by atoms with E-state index in [1.165, 1.54) is 0 Å². The van der Waals surface area contributed by atoms with E-state index in [1.54, 1.807) is 30.0 Å². The van der Waals surface area contributed by atoms with Gasteiger partial charge in [-0.05, 0) is 51.3 Å². The van der Waals surface area contributed by atoms with Crippen molar-refractivity contribution in [2.24, 2.45) is 0 Å². The Morgan fingerprint density at radius 3 is 2.52 bits per heavy atom. The molecule has 0 unspecified atom stereocenters. The first-order chi connectivity index (χ1) is 11.8. The Hall–Kier alpha value is -2.02. The average molecular weight is 366 g/mol. The van der Waals surface area contributed by atoms with E-state index in [0.29, 0.717) is 17.7 Å². The topological polar surface area (TPSA) is 84.5 Å². The molecular formula is C18H26N2O4S. The predicted molar refractivity (Wildman–Crippen MR) is 99.7 cm³/mol. The quantitative estimate of drug-likeness (QED) is 0.652. The number of esters is 1. The molecule has 1 atom stereocenters. The fourth-order valence-corrected chi connectivity index (χ4v) is 2.58. The molecule has 0 aliphatic carbocycles. The second-order valence-electron chi connectivity index (χ2n) is 6.01. The Balaban J connectivity index is 2.67. The molecule has 0 radical (unpaired) electrons.